The van der Waals surface area contributed by atoms with E-state index >= 15 is 0 Å². The van der Waals surface area contributed by atoms with E-state index in [9.17, 15) is 10.1 Å². The number of nitrogens with zero attached hydrogens (tertiary/aromatic N) is 3. The van der Waals surface area contributed by atoms with Crippen LogP contribution in [0.15, 0.2) is 53.1 Å². The Morgan fingerprint density at radius 2 is 1.93 bits per heavy atom. The van der Waals surface area contributed by atoms with Gasteiger partial charge in [0.1, 0.15) is 0 Å². The van der Waals surface area contributed by atoms with Crippen molar-refractivity contribution in [1.29, 1.82) is 5.26 Å². The number of hydrogen-bond donors (Lipinski definition) is 0. The zero-order chi connectivity index (χ0) is 21.3. The van der Waals surface area contributed by atoms with E-state index in [4.69, 9.17) is 21.1 Å². The van der Waals surface area contributed by atoms with Gasteiger partial charge >= 0.3 is 0 Å². The molecule has 6 nitrogen and oxygen atoms in total. The number of amides is 1. The van der Waals surface area contributed by atoms with Crippen molar-refractivity contribution in [3.05, 3.63) is 63.7 Å². The molecule has 1 unspecified atom stereocenters. The summed E-state index contributed by atoms with van der Waals surface area (Å²) in [6, 6.07) is 15.4. The Kier molecular flexibility index (Phi) is 5.80. The molecule has 0 aliphatic carbocycles. The molecule has 0 N–H and O–H groups in total. The lowest BCUT2D eigenvalue weighted by Crippen LogP contribution is -2.47. The molecule has 2 aliphatic rings. The van der Waals surface area contributed by atoms with E-state index < -0.39 is 0 Å². The van der Waals surface area contributed by atoms with Crippen LogP contribution in [0.3, 0.4) is 0 Å². The summed E-state index contributed by atoms with van der Waals surface area (Å²) in [6.45, 7) is 0.399. The largest absolute Gasteiger partial charge is 0.493 e. The van der Waals surface area contributed by atoms with Crippen molar-refractivity contribution in [3.8, 4) is 17.6 Å². The van der Waals surface area contributed by atoms with Gasteiger partial charge in [-0.25, -0.2) is 0 Å². The van der Waals surface area contributed by atoms with Crippen molar-refractivity contribution in [2.45, 2.75) is 12.3 Å². The van der Waals surface area contributed by atoms with Crippen LogP contribution in [0.25, 0.3) is 0 Å². The fourth-order valence-electron chi connectivity index (χ4n) is 3.83. The van der Waals surface area contributed by atoms with Gasteiger partial charge in [0.2, 0.25) is 5.91 Å². The van der Waals surface area contributed by atoms with Crippen molar-refractivity contribution in [3.63, 3.8) is 0 Å². The summed E-state index contributed by atoms with van der Waals surface area (Å²) >= 11 is 7.49. The van der Waals surface area contributed by atoms with Gasteiger partial charge in [0.05, 0.1) is 43.4 Å². The van der Waals surface area contributed by atoms with E-state index in [0.717, 1.165) is 11.3 Å². The highest BCUT2D eigenvalue weighted by Gasteiger charge is 2.39. The van der Waals surface area contributed by atoms with Crippen molar-refractivity contribution in [2.75, 3.05) is 31.7 Å². The van der Waals surface area contributed by atoms with Crippen molar-refractivity contribution in [1.82, 2.24) is 4.90 Å². The van der Waals surface area contributed by atoms with Gasteiger partial charge in [0.15, 0.2) is 11.5 Å². The summed E-state index contributed by atoms with van der Waals surface area (Å²) in [6.07, 6.45) is 0.199. The summed E-state index contributed by atoms with van der Waals surface area (Å²) in [5.74, 6) is 1.38. The second-order valence-corrected chi connectivity index (χ2v) is 8.29. The Morgan fingerprint density at radius 1 is 1.17 bits per heavy atom. The monoisotopic (exact) mass is 441 g/mol. The summed E-state index contributed by atoms with van der Waals surface area (Å²) < 4.78 is 11.0. The fourth-order valence-corrected chi connectivity index (χ4v) is 5.12. The summed E-state index contributed by atoms with van der Waals surface area (Å²) in [5.41, 5.74) is 2.35. The lowest BCUT2D eigenvalue weighted by Gasteiger charge is -2.42. The average Bonchev–Trinajstić information content (AvgIpc) is 2.78. The first-order valence-corrected chi connectivity index (χ1v) is 10.7. The van der Waals surface area contributed by atoms with Crippen LogP contribution >= 0.6 is 23.4 Å². The van der Waals surface area contributed by atoms with Gasteiger partial charge in [-0.15, -0.1) is 0 Å². The number of carbonyl (C=O) groups is 1. The Hall–Kier alpha value is -2.82. The number of halogens is 1. The summed E-state index contributed by atoms with van der Waals surface area (Å²) in [4.78, 5) is 16.9. The highest BCUT2D eigenvalue weighted by molar-refractivity contribution is 8.03. The standard InChI is InChI=1S/C22H20ClN3O3S/c1-28-19-5-3-4-16(21(19)29-2)17-10-20(27)26-12-25(13-30-22(26)18(17)11-24)15-8-6-14(23)7-9-15/h3-9,17H,10,12-13H2,1-2H3. The van der Waals surface area contributed by atoms with Crippen LogP contribution in [0.2, 0.25) is 5.02 Å². The van der Waals surface area contributed by atoms with E-state index in [2.05, 4.69) is 11.0 Å². The van der Waals surface area contributed by atoms with Crippen LogP contribution in [0, 0.1) is 11.3 Å². The van der Waals surface area contributed by atoms with Crippen LogP contribution in [-0.2, 0) is 4.79 Å². The van der Waals surface area contributed by atoms with Crippen molar-refractivity contribution in [2.24, 2.45) is 0 Å². The van der Waals surface area contributed by atoms with Gasteiger partial charge in [-0.2, -0.15) is 5.26 Å². The minimum absolute atomic E-state index is 0.0231. The molecule has 0 radical (unpaired) electrons. The molecule has 0 bridgehead atoms. The predicted molar refractivity (Wildman–Crippen MR) is 118 cm³/mol. The molecule has 0 aromatic heterocycles. The zero-order valence-electron chi connectivity index (χ0n) is 16.6. The normalized spacial score (nSPS) is 18.7. The SMILES string of the molecule is COc1cccc(C2CC(=O)N3CN(c4ccc(Cl)cc4)CSC3=C2C#N)c1OC. The molecule has 4 rings (SSSR count). The smallest absolute Gasteiger partial charge is 0.229 e. The molecule has 154 valence electrons. The molecule has 2 aromatic carbocycles. The third-order valence-corrected chi connectivity index (χ3v) is 6.70. The Balaban J connectivity index is 1.70. The topological polar surface area (TPSA) is 65.8 Å². The number of fused-ring (bicyclic) bond motifs is 1. The van der Waals surface area contributed by atoms with E-state index in [0.29, 0.717) is 39.7 Å². The predicted octanol–water partition coefficient (Wildman–Crippen LogP) is 4.58. The minimum Gasteiger partial charge on any atom is -0.493 e. The first kappa shape index (κ1) is 20.5. The number of hydrogen-bond acceptors (Lipinski definition) is 6. The van der Waals surface area contributed by atoms with Gasteiger partial charge in [-0.3, -0.25) is 9.69 Å². The molecule has 1 saturated heterocycles. The van der Waals surface area contributed by atoms with Gasteiger partial charge in [-0.05, 0) is 30.3 Å². The molecule has 1 amide bonds. The second-order valence-electron chi connectivity index (χ2n) is 6.92. The molecule has 2 aliphatic heterocycles. The summed E-state index contributed by atoms with van der Waals surface area (Å²) in [7, 11) is 3.14. The number of anilines is 1. The third-order valence-electron chi connectivity index (χ3n) is 5.29. The Labute approximate surface area is 184 Å². The number of methoxy groups -OCH3 is 2. The quantitative estimate of drug-likeness (QED) is 0.692. The van der Waals surface area contributed by atoms with Crippen molar-refractivity contribution < 1.29 is 14.3 Å². The summed E-state index contributed by atoms with van der Waals surface area (Å²) in [5, 5.41) is 11.4. The van der Waals surface area contributed by atoms with E-state index in [1.54, 1.807) is 25.2 Å². The Morgan fingerprint density at radius 3 is 2.60 bits per heavy atom. The van der Waals surface area contributed by atoms with E-state index in [1.807, 2.05) is 36.4 Å². The molecule has 0 saturated carbocycles. The highest BCUT2D eigenvalue weighted by Crippen LogP contribution is 2.47. The first-order chi connectivity index (χ1) is 14.6. The van der Waals surface area contributed by atoms with Crippen LogP contribution < -0.4 is 14.4 Å². The minimum atomic E-state index is -0.367. The first-order valence-electron chi connectivity index (χ1n) is 9.36. The lowest BCUT2D eigenvalue weighted by molar-refractivity contribution is -0.129. The maximum absolute atomic E-state index is 13.1. The highest BCUT2D eigenvalue weighted by atomic mass is 35.5. The van der Waals surface area contributed by atoms with Crippen LogP contribution in [0.1, 0.15) is 17.9 Å². The van der Waals surface area contributed by atoms with Gasteiger partial charge in [0.25, 0.3) is 0 Å². The molecule has 0 spiro atoms. The molecule has 2 aromatic rings. The number of rotatable bonds is 4. The van der Waals surface area contributed by atoms with Gasteiger partial charge < -0.3 is 14.4 Å². The Bertz CT molecular complexity index is 1050. The molecule has 1 fully saturated rings. The number of para-hydroxylation sites is 1. The van der Waals surface area contributed by atoms with Crippen LogP contribution in [0.4, 0.5) is 5.69 Å². The van der Waals surface area contributed by atoms with Gasteiger partial charge in [-0.1, -0.05) is 35.5 Å². The average molecular weight is 442 g/mol. The third kappa shape index (κ3) is 3.57. The maximum atomic E-state index is 13.1. The molecular weight excluding hydrogens is 422 g/mol. The molecule has 8 heteroatoms. The number of nitriles is 1. The van der Waals surface area contributed by atoms with Crippen LogP contribution in [-0.4, -0.2) is 37.6 Å². The zero-order valence-corrected chi connectivity index (χ0v) is 18.2. The molecule has 2 heterocycles. The lowest BCUT2D eigenvalue weighted by atomic mass is 9.85. The number of ether oxygens (including phenoxy) is 2. The number of thioether (sulfide) groups is 1. The second kappa shape index (κ2) is 8.50. The molecule has 30 heavy (non-hydrogen) atoms. The van der Waals surface area contributed by atoms with Crippen LogP contribution in [0.5, 0.6) is 11.5 Å². The van der Waals surface area contributed by atoms with E-state index in [-0.39, 0.29) is 18.2 Å². The van der Waals surface area contributed by atoms with Crippen molar-refractivity contribution >= 4 is 35.0 Å². The fraction of sp³-hybridized carbons (Fsp3) is 0.273. The number of benzene rings is 2. The van der Waals surface area contributed by atoms with Gasteiger partial charge in [0, 0.05) is 28.6 Å². The van der Waals surface area contributed by atoms with E-state index in [1.165, 1.54) is 11.8 Å². The molecule has 1 atom stereocenters. The molecular formula is C22H20ClN3O3S. The number of allylic oxidation sites excluding steroid dienone is 1. The maximum Gasteiger partial charge on any atom is 0.229 e. The number of carbonyl (C=O) groups excluding carboxylic acids is 1.